The third kappa shape index (κ3) is 3.80. The van der Waals surface area contributed by atoms with Crippen LogP contribution in [0.4, 0.5) is 8.78 Å². The molecule has 7 heteroatoms. The summed E-state index contributed by atoms with van der Waals surface area (Å²) in [5, 5.41) is 11.2. The lowest BCUT2D eigenvalue weighted by atomic mass is 9.93. The first-order valence-corrected chi connectivity index (χ1v) is 10.1. The minimum absolute atomic E-state index is 0.173. The number of benzene rings is 1. The number of fused-ring (bicyclic) bond motifs is 1. The fourth-order valence-electron chi connectivity index (χ4n) is 3.53. The monoisotopic (exact) mass is 388 g/mol. The number of rotatable bonds is 5. The second-order valence-electron chi connectivity index (χ2n) is 7.23. The van der Waals surface area contributed by atoms with Crippen molar-refractivity contribution in [2.75, 3.05) is 0 Å². The van der Waals surface area contributed by atoms with E-state index in [4.69, 9.17) is 0 Å². The van der Waals surface area contributed by atoms with Crippen molar-refractivity contribution < 1.29 is 8.78 Å². The molecule has 0 amide bonds. The Kier molecular flexibility index (Phi) is 5.06. The van der Waals surface area contributed by atoms with Crippen molar-refractivity contribution in [3.05, 3.63) is 63.4 Å². The lowest BCUT2D eigenvalue weighted by Crippen LogP contribution is -2.25. The molecule has 0 saturated carbocycles. The molecule has 142 valence electrons. The van der Waals surface area contributed by atoms with Gasteiger partial charge in [0.25, 0.3) is 0 Å². The maximum atomic E-state index is 13.6. The van der Waals surface area contributed by atoms with Gasteiger partial charge in [-0.2, -0.15) is 5.10 Å². The van der Waals surface area contributed by atoms with Crippen LogP contribution in [0.15, 0.2) is 29.8 Å². The van der Waals surface area contributed by atoms with Crippen LogP contribution in [0.3, 0.4) is 0 Å². The minimum Gasteiger partial charge on any atom is -0.303 e. The smallest absolute Gasteiger partial charge is 0.128 e. The lowest BCUT2D eigenvalue weighted by Gasteiger charge is -2.24. The zero-order valence-corrected chi connectivity index (χ0v) is 16.2. The highest BCUT2D eigenvalue weighted by molar-refractivity contribution is 7.09. The zero-order valence-electron chi connectivity index (χ0n) is 15.4. The van der Waals surface area contributed by atoms with Crippen molar-refractivity contribution in [3.8, 4) is 5.69 Å². The van der Waals surface area contributed by atoms with Crippen molar-refractivity contribution in [1.29, 1.82) is 0 Å². The average molecular weight is 388 g/mol. The molecule has 0 bridgehead atoms. The van der Waals surface area contributed by atoms with Crippen molar-refractivity contribution in [3.63, 3.8) is 0 Å². The molecule has 3 aromatic rings. The van der Waals surface area contributed by atoms with E-state index in [1.165, 1.54) is 12.1 Å². The van der Waals surface area contributed by atoms with Crippen LogP contribution in [0.25, 0.3) is 5.69 Å². The number of halogens is 2. The first kappa shape index (κ1) is 18.3. The van der Waals surface area contributed by atoms with Crippen LogP contribution in [-0.4, -0.2) is 14.8 Å². The molecule has 1 unspecified atom stereocenters. The number of aromatic nitrogens is 3. The number of hydrogen-bond donors (Lipinski definition) is 1. The molecule has 0 aliphatic heterocycles. The topological polar surface area (TPSA) is 42.7 Å². The van der Waals surface area contributed by atoms with Gasteiger partial charge in [-0.05, 0) is 37.3 Å². The molecule has 0 saturated heterocycles. The fourth-order valence-corrected chi connectivity index (χ4v) is 4.44. The summed E-state index contributed by atoms with van der Waals surface area (Å²) < 4.78 is 28.9. The molecular formula is C20H22F2N4S. The maximum Gasteiger partial charge on any atom is 0.128 e. The van der Waals surface area contributed by atoms with Crippen LogP contribution in [-0.2, 0) is 13.0 Å². The van der Waals surface area contributed by atoms with E-state index in [1.54, 1.807) is 16.0 Å². The molecule has 1 N–H and O–H groups in total. The maximum absolute atomic E-state index is 13.6. The number of nitrogens with zero attached hydrogens (tertiary/aromatic N) is 3. The second-order valence-corrected chi connectivity index (χ2v) is 8.18. The molecule has 0 fully saturated rings. The summed E-state index contributed by atoms with van der Waals surface area (Å²) in [6, 6.07) is 3.68. The van der Waals surface area contributed by atoms with E-state index in [-0.39, 0.29) is 6.04 Å². The van der Waals surface area contributed by atoms with E-state index in [0.29, 0.717) is 18.2 Å². The molecule has 1 atom stereocenters. The molecule has 1 aliphatic carbocycles. The van der Waals surface area contributed by atoms with Crippen LogP contribution in [0.1, 0.15) is 60.6 Å². The Bertz CT molecular complexity index is 927. The van der Waals surface area contributed by atoms with E-state index in [9.17, 15) is 8.78 Å². The van der Waals surface area contributed by atoms with Gasteiger partial charge in [-0.15, -0.1) is 11.3 Å². The van der Waals surface area contributed by atoms with Crippen LogP contribution in [0.5, 0.6) is 0 Å². The van der Waals surface area contributed by atoms with Crippen molar-refractivity contribution in [2.45, 2.75) is 51.6 Å². The van der Waals surface area contributed by atoms with Gasteiger partial charge in [-0.25, -0.2) is 18.4 Å². The van der Waals surface area contributed by atoms with E-state index in [2.05, 4.69) is 34.6 Å². The first-order chi connectivity index (χ1) is 13.0. The third-order valence-corrected chi connectivity index (χ3v) is 5.80. The van der Waals surface area contributed by atoms with Gasteiger partial charge < -0.3 is 5.32 Å². The third-order valence-electron chi connectivity index (χ3n) is 4.94. The van der Waals surface area contributed by atoms with Gasteiger partial charge in [0, 0.05) is 35.3 Å². The van der Waals surface area contributed by atoms with Gasteiger partial charge in [-0.3, -0.25) is 0 Å². The summed E-state index contributed by atoms with van der Waals surface area (Å²) in [6.07, 6.45) is 4.68. The molecule has 27 heavy (non-hydrogen) atoms. The predicted octanol–water partition coefficient (Wildman–Crippen LogP) is 4.90. The lowest BCUT2D eigenvalue weighted by molar-refractivity contribution is 0.454. The predicted molar refractivity (Wildman–Crippen MR) is 102 cm³/mol. The number of hydrogen-bond acceptors (Lipinski definition) is 4. The van der Waals surface area contributed by atoms with Crippen molar-refractivity contribution in [2.24, 2.45) is 0 Å². The van der Waals surface area contributed by atoms with Crippen molar-refractivity contribution >= 4 is 11.3 Å². The molecule has 0 spiro atoms. The Balaban J connectivity index is 1.54. The van der Waals surface area contributed by atoms with Gasteiger partial charge in [0.1, 0.15) is 16.6 Å². The van der Waals surface area contributed by atoms with Gasteiger partial charge in [0.15, 0.2) is 0 Å². The van der Waals surface area contributed by atoms with E-state index in [0.717, 1.165) is 47.3 Å². The molecule has 4 rings (SSSR count). The van der Waals surface area contributed by atoms with Crippen LogP contribution in [0.2, 0.25) is 0 Å². The van der Waals surface area contributed by atoms with Gasteiger partial charge in [0.2, 0.25) is 0 Å². The van der Waals surface area contributed by atoms with Crippen LogP contribution >= 0.6 is 11.3 Å². The Morgan fingerprint density at radius 2 is 2.04 bits per heavy atom. The Hall–Kier alpha value is -2.12. The van der Waals surface area contributed by atoms with Crippen LogP contribution in [0, 0.1) is 11.6 Å². The number of thiazole rings is 1. The summed E-state index contributed by atoms with van der Waals surface area (Å²) in [4.78, 5) is 4.67. The fraction of sp³-hybridized carbons (Fsp3) is 0.400. The first-order valence-electron chi connectivity index (χ1n) is 9.22. The van der Waals surface area contributed by atoms with Crippen molar-refractivity contribution in [1.82, 2.24) is 20.1 Å². The molecule has 2 aromatic heterocycles. The Morgan fingerprint density at radius 3 is 2.74 bits per heavy atom. The average Bonchev–Trinajstić information content (AvgIpc) is 3.26. The summed E-state index contributed by atoms with van der Waals surface area (Å²) in [7, 11) is 0. The number of nitrogens with one attached hydrogen (secondary N) is 1. The molecule has 0 radical (unpaired) electrons. The quantitative estimate of drug-likeness (QED) is 0.676. The highest BCUT2D eigenvalue weighted by Crippen LogP contribution is 2.32. The summed E-state index contributed by atoms with van der Waals surface area (Å²) in [5.41, 5.74) is 3.68. The molecular weight excluding hydrogens is 366 g/mol. The Morgan fingerprint density at radius 1 is 1.26 bits per heavy atom. The summed E-state index contributed by atoms with van der Waals surface area (Å²) in [5.74, 6) is -0.755. The van der Waals surface area contributed by atoms with E-state index < -0.39 is 11.6 Å². The van der Waals surface area contributed by atoms with Gasteiger partial charge in [0.05, 0.1) is 17.6 Å². The van der Waals surface area contributed by atoms with Crippen LogP contribution < -0.4 is 5.32 Å². The van der Waals surface area contributed by atoms with Gasteiger partial charge in [-0.1, -0.05) is 13.8 Å². The standard InChI is InChI=1S/C20H22F2N4S/c1-12(2)18-11-27-20(25-18)10-23-17-4-3-5-19-16(17)9-24-26(19)15-7-13(21)6-14(22)8-15/h6-9,11-12,17,23H,3-5,10H2,1-2H3. The second kappa shape index (κ2) is 7.48. The highest BCUT2D eigenvalue weighted by atomic mass is 32.1. The zero-order chi connectivity index (χ0) is 19.0. The molecule has 1 aromatic carbocycles. The summed E-state index contributed by atoms with van der Waals surface area (Å²) >= 11 is 1.68. The van der Waals surface area contributed by atoms with E-state index >= 15 is 0 Å². The molecule has 2 heterocycles. The minimum atomic E-state index is -0.593. The summed E-state index contributed by atoms with van der Waals surface area (Å²) in [6.45, 7) is 4.99. The largest absolute Gasteiger partial charge is 0.303 e. The normalized spacial score (nSPS) is 16.7. The molecule has 1 aliphatic rings. The SMILES string of the molecule is CC(C)c1csc(CNC2CCCc3c2cnn3-c2cc(F)cc(F)c2)n1. The Labute approximate surface area is 161 Å². The highest BCUT2D eigenvalue weighted by Gasteiger charge is 2.25. The van der Waals surface area contributed by atoms with Gasteiger partial charge >= 0.3 is 0 Å². The molecule has 4 nitrogen and oxygen atoms in total. The van der Waals surface area contributed by atoms with E-state index in [1.807, 2.05) is 6.20 Å².